The van der Waals surface area contributed by atoms with Crippen molar-refractivity contribution in [1.29, 1.82) is 0 Å². The average Bonchev–Trinajstić information content (AvgIpc) is 2.95. The molecule has 20 heavy (non-hydrogen) atoms. The van der Waals surface area contributed by atoms with Crippen molar-refractivity contribution in [2.24, 2.45) is 12.8 Å². The molecule has 0 aliphatic carbocycles. The second-order valence-corrected chi connectivity index (χ2v) is 6.23. The van der Waals surface area contributed by atoms with Gasteiger partial charge in [-0.2, -0.15) is 10.2 Å². The monoisotopic (exact) mass is 298 g/mol. The maximum atomic E-state index is 12.1. The molecule has 2 aromatic rings. The molecule has 0 aliphatic heterocycles. The molecule has 0 amide bonds. The lowest BCUT2D eigenvalue weighted by Gasteiger charge is -2.03. The zero-order valence-corrected chi connectivity index (χ0v) is 12.3. The van der Waals surface area contributed by atoms with Crippen LogP contribution in [0.2, 0.25) is 0 Å². The minimum absolute atomic E-state index is 0.132. The zero-order valence-electron chi connectivity index (χ0n) is 11.4. The Morgan fingerprint density at radius 3 is 2.75 bits per heavy atom. The molecule has 2 rings (SSSR count). The van der Waals surface area contributed by atoms with Crippen molar-refractivity contribution in [3.63, 3.8) is 0 Å². The molecule has 0 atom stereocenters. The van der Waals surface area contributed by atoms with Crippen molar-refractivity contribution in [1.82, 2.24) is 24.3 Å². The molecule has 0 saturated carbocycles. The van der Waals surface area contributed by atoms with Gasteiger partial charge in [0.2, 0.25) is 10.0 Å². The molecule has 2 heterocycles. The third-order valence-corrected chi connectivity index (χ3v) is 4.20. The van der Waals surface area contributed by atoms with Crippen molar-refractivity contribution in [3.05, 3.63) is 29.8 Å². The van der Waals surface area contributed by atoms with E-state index in [-0.39, 0.29) is 11.4 Å². The van der Waals surface area contributed by atoms with Crippen molar-refractivity contribution in [2.75, 3.05) is 6.54 Å². The number of rotatable bonds is 6. The first kappa shape index (κ1) is 14.7. The van der Waals surface area contributed by atoms with E-state index in [4.69, 9.17) is 5.73 Å². The van der Waals surface area contributed by atoms with Crippen molar-refractivity contribution in [3.8, 4) is 0 Å². The standard InChI is InChI=1S/C11H18N6O2S/c1-9-10(7-16(2)15-9)5-14-20(18,19)11-6-13-17(8-11)4-3-12/h6-8,14H,3-5,12H2,1-2H3. The van der Waals surface area contributed by atoms with Crippen LogP contribution in [0.3, 0.4) is 0 Å². The average molecular weight is 298 g/mol. The number of nitrogens with zero attached hydrogens (tertiary/aromatic N) is 4. The van der Waals surface area contributed by atoms with Crippen LogP contribution < -0.4 is 10.5 Å². The molecule has 0 unspecified atom stereocenters. The second kappa shape index (κ2) is 5.73. The van der Waals surface area contributed by atoms with Crippen molar-refractivity contribution in [2.45, 2.75) is 24.9 Å². The quantitative estimate of drug-likeness (QED) is 0.737. The molecule has 0 aromatic carbocycles. The molecule has 8 nitrogen and oxygen atoms in total. The maximum Gasteiger partial charge on any atom is 0.243 e. The Hall–Kier alpha value is -1.71. The van der Waals surface area contributed by atoms with Crippen LogP contribution in [0.5, 0.6) is 0 Å². The van der Waals surface area contributed by atoms with Crippen LogP contribution in [0.25, 0.3) is 0 Å². The van der Waals surface area contributed by atoms with E-state index in [0.717, 1.165) is 11.3 Å². The molecule has 9 heteroatoms. The van der Waals surface area contributed by atoms with Crippen LogP contribution in [0.4, 0.5) is 0 Å². The Morgan fingerprint density at radius 1 is 1.40 bits per heavy atom. The summed E-state index contributed by atoms with van der Waals surface area (Å²) in [5.74, 6) is 0. The number of nitrogens with two attached hydrogens (primary N) is 1. The molecule has 0 bridgehead atoms. The highest BCUT2D eigenvalue weighted by Gasteiger charge is 2.17. The summed E-state index contributed by atoms with van der Waals surface area (Å²) >= 11 is 0. The Labute approximate surface area is 117 Å². The number of sulfonamides is 1. The smallest absolute Gasteiger partial charge is 0.243 e. The predicted molar refractivity (Wildman–Crippen MR) is 73.3 cm³/mol. The summed E-state index contributed by atoms with van der Waals surface area (Å²) < 4.78 is 29.9. The van der Waals surface area contributed by atoms with Crippen molar-refractivity contribution < 1.29 is 8.42 Å². The van der Waals surface area contributed by atoms with Crippen LogP contribution in [0.1, 0.15) is 11.3 Å². The van der Waals surface area contributed by atoms with Crippen LogP contribution in [0, 0.1) is 6.92 Å². The highest BCUT2D eigenvalue weighted by atomic mass is 32.2. The van der Waals surface area contributed by atoms with E-state index in [9.17, 15) is 8.42 Å². The molecule has 0 spiro atoms. The van der Waals surface area contributed by atoms with Gasteiger partial charge in [0.1, 0.15) is 4.90 Å². The van der Waals surface area contributed by atoms with Gasteiger partial charge in [-0.1, -0.05) is 0 Å². The van der Waals surface area contributed by atoms with Crippen LogP contribution in [0.15, 0.2) is 23.5 Å². The highest BCUT2D eigenvalue weighted by Crippen LogP contribution is 2.09. The summed E-state index contributed by atoms with van der Waals surface area (Å²) in [6.07, 6.45) is 4.56. The van der Waals surface area contributed by atoms with Crippen molar-refractivity contribution >= 4 is 10.0 Å². The molecule has 0 aliphatic rings. The number of hydrogen-bond donors (Lipinski definition) is 2. The first-order valence-corrected chi connectivity index (χ1v) is 7.62. The number of nitrogens with one attached hydrogen (secondary N) is 1. The summed E-state index contributed by atoms with van der Waals surface area (Å²) in [6, 6.07) is 0. The molecular formula is C11H18N6O2S. The number of aromatic nitrogens is 4. The van der Waals surface area contributed by atoms with E-state index in [1.807, 2.05) is 6.92 Å². The lowest BCUT2D eigenvalue weighted by atomic mass is 10.3. The molecular weight excluding hydrogens is 280 g/mol. The van der Waals surface area contributed by atoms with Crippen LogP contribution in [-0.4, -0.2) is 34.5 Å². The van der Waals surface area contributed by atoms with Gasteiger partial charge in [0.25, 0.3) is 0 Å². The van der Waals surface area contributed by atoms with Crippen LogP contribution >= 0.6 is 0 Å². The predicted octanol–water partition coefficient (Wildman–Crippen LogP) is -0.638. The van der Waals surface area contributed by atoms with Gasteiger partial charge in [0, 0.05) is 38.1 Å². The van der Waals surface area contributed by atoms with Gasteiger partial charge in [-0.05, 0) is 6.92 Å². The topological polar surface area (TPSA) is 108 Å². The SMILES string of the molecule is Cc1nn(C)cc1CNS(=O)(=O)c1cnn(CCN)c1. The van der Waals surface area contributed by atoms with E-state index >= 15 is 0 Å². The van der Waals surface area contributed by atoms with Gasteiger partial charge in [-0.3, -0.25) is 9.36 Å². The van der Waals surface area contributed by atoms with Gasteiger partial charge in [0.15, 0.2) is 0 Å². The van der Waals surface area contributed by atoms with Gasteiger partial charge in [-0.15, -0.1) is 0 Å². The molecule has 110 valence electrons. The number of aryl methyl sites for hydroxylation is 2. The fourth-order valence-electron chi connectivity index (χ4n) is 1.82. The highest BCUT2D eigenvalue weighted by molar-refractivity contribution is 7.89. The lowest BCUT2D eigenvalue weighted by Crippen LogP contribution is -2.23. The molecule has 3 N–H and O–H groups in total. The van der Waals surface area contributed by atoms with E-state index in [1.54, 1.807) is 17.9 Å². The molecule has 0 fully saturated rings. The second-order valence-electron chi connectivity index (χ2n) is 4.47. The normalized spacial score (nSPS) is 11.9. The summed E-state index contributed by atoms with van der Waals surface area (Å²) in [4.78, 5) is 0.132. The summed E-state index contributed by atoms with van der Waals surface area (Å²) in [5, 5.41) is 8.11. The summed E-state index contributed by atoms with van der Waals surface area (Å²) in [6.45, 7) is 2.92. The molecule has 0 saturated heterocycles. The Morgan fingerprint density at radius 2 is 2.15 bits per heavy atom. The zero-order chi connectivity index (χ0) is 14.8. The largest absolute Gasteiger partial charge is 0.329 e. The molecule has 0 radical (unpaired) electrons. The van der Waals surface area contributed by atoms with Gasteiger partial charge < -0.3 is 5.73 Å². The minimum Gasteiger partial charge on any atom is -0.329 e. The minimum atomic E-state index is -3.57. The summed E-state index contributed by atoms with van der Waals surface area (Å²) in [5.41, 5.74) is 7.04. The van der Waals surface area contributed by atoms with E-state index in [1.165, 1.54) is 17.1 Å². The Kier molecular flexibility index (Phi) is 4.21. The van der Waals surface area contributed by atoms with E-state index in [0.29, 0.717) is 13.1 Å². The van der Waals surface area contributed by atoms with Crippen LogP contribution in [-0.2, 0) is 30.2 Å². The van der Waals surface area contributed by atoms with Gasteiger partial charge in [-0.25, -0.2) is 13.1 Å². The van der Waals surface area contributed by atoms with E-state index in [2.05, 4.69) is 14.9 Å². The third-order valence-electron chi connectivity index (χ3n) is 2.85. The van der Waals surface area contributed by atoms with Gasteiger partial charge >= 0.3 is 0 Å². The lowest BCUT2D eigenvalue weighted by molar-refractivity contribution is 0.580. The fraction of sp³-hybridized carbons (Fsp3) is 0.455. The Balaban J connectivity index is 2.08. The maximum absolute atomic E-state index is 12.1. The first-order valence-electron chi connectivity index (χ1n) is 6.13. The number of hydrogen-bond acceptors (Lipinski definition) is 5. The first-order chi connectivity index (χ1) is 9.42. The van der Waals surface area contributed by atoms with E-state index < -0.39 is 10.0 Å². The Bertz CT molecular complexity index is 688. The summed E-state index contributed by atoms with van der Waals surface area (Å²) in [7, 11) is -1.78. The third kappa shape index (κ3) is 3.24. The fourth-order valence-corrected chi connectivity index (χ4v) is 2.77. The van der Waals surface area contributed by atoms with Gasteiger partial charge in [0.05, 0.1) is 18.4 Å². The molecule has 2 aromatic heterocycles.